The van der Waals surface area contributed by atoms with Crippen LogP contribution >= 0.6 is 0 Å². The van der Waals surface area contributed by atoms with Crippen molar-refractivity contribution in [1.82, 2.24) is 35.8 Å². The number of allylic oxidation sites excluding steroid dienone is 1. The number of nitrogens with one attached hydrogen (secondary N) is 4. The molecule has 8 rings (SSSR count). The van der Waals surface area contributed by atoms with Crippen LogP contribution in [0.5, 0.6) is 0 Å². The minimum absolute atomic E-state index is 0.0156. The third-order valence-corrected chi connectivity index (χ3v) is 10.5. The molecule has 5 fully saturated rings. The lowest BCUT2D eigenvalue weighted by molar-refractivity contribution is -0.176. The highest BCUT2D eigenvalue weighted by molar-refractivity contribution is 5.82. The molecule has 1 aromatic carbocycles. The molecule has 4 N–H and O–H groups in total. The zero-order valence-electron chi connectivity index (χ0n) is 23.8. The zero-order valence-corrected chi connectivity index (χ0v) is 23.8. The Morgan fingerprint density at radius 1 is 1.07 bits per heavy atom. The largest absolute Gasteiger partial charge is 0.365 e. The van der Waals surface area contributed by atoms with E-state index >= 15 is 0 Å². The second kappa shape index (κ2) is 10.0. The number of anilines is 1. The lowest BCUT2D eigenvalue weighted by Crippen LogP contribution is -2.72. The molecule has 6 atom stereocenters. The Bertz CT molecular complexity index is 1250. The molecular formula is C30H42N8O3. The Hall–Kier alpha value is -2.54. The summed E-state index contributed by atoms with van der Waals surface area (Å²) < 4.78 is 5.95. The average molecular weight is 563 g/mol. The monoisotopic (exact) mass is 562 g/mol. The Labute approximate surface area is 241 Å². The molecule has 6 heterocycles. The first-order valence-electron chi connectivity index (χ1n) is 15.5. The van der Waals surface area contributed by atoms with Crippen LogP contribution in [0.2, 0.25) is 0 Å². The maximum absolute atomic E-state index is 13.8. The van der Waals surface area contributed by atoms with E-state index in [0.717, 1.165) is 44.3 Å². The Kier molecular flexibility index (Phi) is 6.39. The summed E-state index contributed by atoms with van der Waals surface area (Å²) in [6.07, 6.45) is 10.7. The van der Waals surface area contributed by atoms with Gasteiger partial charge in [-0.2, -0.15) is 5.01 Å². The summed E-state index contributed by atoms with van der Waals surface area (Å²) in [4.78, 5) is 31.1. The van der Waals surface area contributed by atoms with E-state index in [4.69, 9.17) is 4.74 Å². The summed E-state index contributed by atoms with van der Waals surface area (Å²) in [5, 5.41) is 18.9. The van der Waals surface area contributed by atoms with Crippen LogP contribution in [0.25, 0.3) is 0 Å². The number of piperidine rings is 1. The lowest BCUT2D eigenvalue weighted by Gasteiger charge is -2.50. The first kappa shape index (κ1) is 26.1. The fraction of sp³-hybridized carbons (Fsp3) is 0.667. The van der Waals surface area contributed by atoms with Crippen molar-refractivity contribution in [3.8, 4) is 0 Å². The van der Waals surface area contributed by atoms with Gasteiger partial charge in [-0.25, -0.2) is 0 Å². The molecule has 0 radical (unpaired) electrons. The SMILES string of the molecule is CN1CCc2ccc(NC3NCC4C(=O)N5C/C=C\CCCN6C(=O)COC7CCC(NC76)N5C4N3)cc2C12CC2. The summed E-state index contributed by atoms with van der Waals surface area (Å²) in [5.74, 6) is -0.0149. The number of likely N-dealkylation sites (N-methyl/N-ethyl adjacent to an activating group) is 1. The van der Waals surface area contributed by atoms with E-state index in [9.17, 15) is 9.59 Å². The Morgan fingerprint density at radius 2 is 1.98 bits per heavy atom. The second-order valence-corrected chi connectivity index (χ2v) is 12.8. The molecule has 6 unspecified atom stereocenters. The minimum atomic E-state index is -0.196. The van der Waals surface area contributed by atoms with E-state index in [1.54, 1.807) is 0 Å². The highest BCUT2D eigenvalue weighted by Gasteiger charge is 2.54. The number of hydrazine groups is 1. The number of nitrogens with zero attached hydrogens (tertiary/aromatic N) is 4. The van der Waals surface area contributed by atoms with Gasteiger partial charge in [0.25, 0.3) is 0 Å². The summed E-state index contributed by atoms with van der Waals surface area (Å²) in [5.41, 5.74) is 4.26. The zero-order chi connectivity index (χ0) is 27.7. The van der Waals surface area contributed by atoms with E-state index in [1.165, 1.54) is 24.0 Å². The summed E-state index contributed by atoms with van der Waals surface area (Å²) in [7, 11) is 2.26. The molecular weight excluding hydrogens is 520 g/mol. The van der Waals surface area contributed by atoms with Gasteiger partial charge in [0.1, 0.15) is 19.1 Å². The minimum Gasteiger partial charge on any atom is -0.365 e. The number of rotatable bonds is 2. The molecule has 1 aromatic rings. The van der Waals surface area contributed by atoms with Crippen molar-refractivity contribution in [2.75, 3.05) is 45.2 Å². The number of amides is 2. The van der Waals surface area contributed by atoms with Crippen LogP contribution in [0.4, 0.5) is 5.69 Å². The lowest BCUT2D eigenvalue weighted by atomic mass is 9.90. The first-order valence-corrected chi connectivity index (χ1v) is 15.5. The maximum Gasteiger partial charge on any atom is 0.249 e. The fourth-order valence-corrected chi connectivity index (χ4v) is 8.13. The van der Waals surface area contributed by atoms with Gasteiger partial charge in [0.05, 0.1) is 30.9 Å². The number of benzene rings is 1. The van der Waals surface area contributed by atoms with Gasteiger partial charge in [0.2, 0.25) is 11.8 Å². The van der Waals surface area contributed by atoms with E-state index in [2.05, 4.69) is 68.6 Å². The quantitative estimate of drug-likeness (QED) is 0.387. The van der Waals surface area contributed by atoms with Crippen molar-refractivity contribution in [3.63, 3.8) is 0 Å². The van der Waals surface area contributed by atoms with E-state index in [-0.39, 0.29) is 60.8 Å². The molecule has 1 spiro atoms. The van der Waals surface area contributed by atoms with Crippen molar-refractivity contribution in [3.05, 3.63) is 41.5 Å². The number of hydrogen-bond acceptors (Lipinski definition) is 9. The van der Waals surface area contributed by atoms with E-state index in [1.807, 2.05) is 9.91 Å². The summed E-state index contributed by atoms with van der Waals surface area (Å²) in [6.45, 7) is 3.14. The Balaban J connectivity index is 1.05. The van der Waals surface area contributed by atoms with Gasteiger partial charge in [-0.1, -0.05) is 18.2 Å². The highest BCUT2D eigenvalue weighted by Crippen LogP contribution is 2.53. The molecule has 6 aliphatic heterocycles. The van der Waals surface area contributed by atoms with E-state index < -0.39 is 0 Å². The molecule has 7 aliphatic rings. The van der Waals surface area contributed by atoms with Crippen molar-refractivity contribution >= 4 is 17.5 Å². The standard InChI is InChI=1S/C30H42N8O3/c1-35-15-10-19-6-7-20(16-22(19)30(35)11-12-30)32-29-31-17-21-26(34-29)38-24-9-8-23-27(33-24)36(25(39)18-41-23)13-4-2-3-5-14-37(38)28(21)40/h3,5-7,16,21,23-24,26-27,29,31-34H,2,4,8-15,17-18H2,1H3/b5-3-. The number of ether oxygens (including phenoxy) is 1. The van der Waals surface area contributed by atoms with Crippen LogP contribution in [0, 0.1) is 5.92 Å². The maximum atomic E-state index is 13.8. The molecule has 2 amide bonds. The molecule has 220 valence electrons. The number of carbonyl (C=O) groups is 2. The average Bonchev–Trinajstić information content (AvgIpc) is 3.73. The number of carbonyl (C=O) groups excluding carboxylic acids is 2. The Morgan fingerprint density at radius 3 is 2.85 bits per heavy atom. The van der Waals surface area contributed by atoms with Gasteiger partial charge < -0.3 is 15.0 Å². The van der Waals surface area contributed by atoms with Gasteiger partial charge in [0.15, 0.2) is 0 Å². The van der Waals surface area contributed by atoms with E-state index in [0.29, 0.717) is 19.6 Å². The summed E-state index contributed by atoms with van der Waals surface area (Å²) in [6, 6.07) is 6.83. The molecule has 1 saturated carbocycles. The molecule has 0 aromatic heterocycles. The molecule has 1 aliphatic carbocycles. The molecule has 11 heteroatoms. The van der Waals surface area contributed by atoms with Crippen molar-refractivity contribution in [1.29, 1.82) is 0 Å². The van der Waals surface area contributed by atoms with Crippen molar-refractivity contribution in [2.45, 2.75) is 81.4 Å². The number of morpholine rings is 1. The van der Waals surface area contributed by atoms with Gasteiger partial charge in [-0.3, -0.25) is 35.4 Å². The smallest absolute Gasteiger partial charge is 0.249 e. The number of hydrogen-bond donors (Lipinski definition) is 4. The number of fused-ring (bicyclic) bond motifs is 7. The second-order valence-electron chi connectivity index (χ2n) is 12.8. The fourth-order valence-electron chi connectivity index (χ4n) is 8.13. The molecule has 11 nitrogen and oxygen atoms in total. The molecule has 2 bridgehead atoms. The van der Waals surface area contributed by atoms with Crippen LogP contribution in [0.1, 0.15) is 49.7 Å². The highest BCUT2D eigenvalue weighted by atomic mass is 16.5. The third kappa shape index (κ3) is 4.32. The topological polar surface area (TPSA) is 104 Å². The van der Waals surface area contributed by atoms with Crippen LogP contribution in [0.3, 0.4) is 0 Å². The van der Waals surface area contributed by atoms with Crippen LogP contribution < -0.4 is 21.3 Å². The van der Waals surface area contributed by atoms with Gasteiger partial charge >= 0.3 is 0 Å². The van der Waals surface area contributed by atoms with Crippen molar-refractivity contribution < 1.29 is 14.3 Å². The van der Waals surface area contributed by atoms with Crippen LogP contribution in [0.15, 0.2) is 30.4 Å². The predicted molar refractivity (Wildman–Crippen MR) is 153 cm³/mol. The molecule has 41 heavy (non-hydrogen) atoms. The third-order valence-electron chi connectivity index (χ3n) is 10.5. The van der Waals surface area contributed by atoms with Gasteiger partial charge in [-0.05, 0) is 75.3 Å². The van der Waals surface area contributed by atoms with Gasteiger partial charge in [-0.15, -0.1) is 0 Å². The van der Waals surface area contributed by atoms with Crippen LogP contribution in [-0.2, 0) is 26.3 Å². The summed E-state index contributed by atoms with van der Waals surface area (Å²) >= 11 is 0. The van der Waals surface area contributed by atoms with Crippen LogP contribution in [-0.4, -0.2) is 102 Å². The van der Waals surface area contributed by atoms with Gasteiger partial charge in [0, 0.05) is 30.9 Å². The normalized spacial score (nSPS) is 37.5. The predicted octanol–water partition coefficient (Wildman–Crippen LogP) is 0.666. The first-order chi connectivity index (χ1) is 20.0. The van der Waals surface area contributed by atoms with Crippen molar-refractivity contribution in [2.24, 2.45) is 5.92 Å². The molecule has 4 saturated heterocycles.